The number of allylic oxidation sites excluding steroid dienone is 2. The van der Waals surface area contributed by atoms with E-state index in [1.165, 1.54) is 16.7 Å². The molecule has 0 heterocycles. The second-order valence-corrected chi connectivity index (χ2v) is 5.60. The average Bonchev–Trinajstić information content (AvgIpc) is 2.29. The molecule has 3 heteroatoms. The first-order chi connectivity index (χ1) is 8.02. The van der Waals surface area contributed by atoms with Crippen molar-refractivity contribution in [3.8, 4) is 0 Å². The van der Waals surface area contributed by atoms with E-state index < -0.39 is 0 Å². The van der Waals surface area contributed by atoms with E-state index in [9.17, 15) is 0 Å². The molecule has 1 aliphatic rings. The molecule has 0 unspecified atom stereocenters. The molecular weight excluding hydrogens is 340 g/mol. The summed E-state index contributed by atoms with van der Waals surface area (Å²) in [6, 6.07) is 7.92. The van der Waals surface area contributed by atoms with Crippen LogP contribution in [-0.4, -0.2) is 5.88 Å². The van der Waals surface area contributed by atoms with Crippen molar-refractivity contribution in [2.24, 2.45) is 5.41 Å². The molecule has 0 spiro atoms. The molecule has 0 bridgehead atoms. The summed E-state index contributed by atoms with van der Waals surface area (Å²) in [5.41, 5.74) is 3.69. The fraction of sp³-hybridized carbons (Fsp3) is 0.333. The van der Waals surface area contributed by atoms with E-state index in [1.54, 1.807) is 0 Å². The molecule has 1 aromatic rings. The van der Waals surface area contributed by atoms with Gasteiger partial charge in [-0.3, -0.25) is 5.41 Å². The fourth-order valence-electron chi connectivity index (χ4n) is 2.26. The van der Waals surface area contributed by atoms with Crippen LogP contribution in [0.15, 0.2) is 29.8 Å². The minimum Gasteiger partial charge on any atom is -0.366 e. The van der Waals surface area contributed by atoms with Crippen LogP contribution < -0.4 is 0 Å². The molecule has 0 aromatic heterocycles. The Balaban J connectivity index is 0.00000162. The Kier molecular flexibility index (Phi) is 6.39. The molecule has 0 nitrogen and oxygen atoms in total. The van der Waals surface area contributed by atoms with Gasteiger partial charge in [-0.2, -0.15) is 0 Å². The summed E-state index contributed by atoms with van der Waals surface area (Å²) in [7, 11) is 0. The van der Waals surface area contributed by atoms with Crippen LogP contribution in [0.2, 0.25) is 5.02 Å². The number of hydrogen-bond donors (Lipinski definition) is 0. The number of hydrogen-bond acceptors (Lipinski definition) is 0. The van der Waals surface area contributed by atoms with Crippen molar-refractivity contribution in [3.63, 3.8) is 0 Å². The number of benzene rings is 1. The van der Waals surface area contributed by atoms with Crippen LogP contribution in [0.5, 0.6) is 0 Å². The molecule has 2 rings (SSSR count). The van der Waals surface area contributed by atoms with Crippen molar-refractivity contribution >= 4 is 28.8 Å². The summed E-state index contributed by atoms with van der Waals surface area (Å²) in [4.78, 5) is 0. The molecule has 0 saturated heterocycles. The zero-order valence-electron chi connectivity index (χ0n) is 10.4. The van der Waals surface area contributed by atoms with Crippen molar-refractivity contribution in [1.29, 1.82) is 0 Å². The summed E-state index contributed by atoms with van der Waals surface area (Å²) in [5.74, 6) is 0.591. The molecule has 1 radical (unpaired) electrons. The first-order valence-corrected chi connectivity index (χ1v) is 6.66. The first-order valence-electron chi connectivity index (χ1n) is 5.75. The van der Waals surface area contributed by atoms with Gasteiger partial charge in [-0.15, -0.1) is 11.6 Å². The van der Waals surface area contributed by atoms with Gasteiger partial charge >= 0.3 is 0 Å². The second-order valence-electron chi connectivity index (χ2n) is 4.90. The Hall–Kier alpha value is 0.644. The fourth-order valence-corrected chi connectivity index (χ4v) is 2.68. The Labute approximate surface area is 145 Å². The van der Waals surface area contributed by atoms with E-state index in [0.29, 0.717) is 5.88 Å². The molecule has 0 saturated carbocycles. The maximum absolute atomic E-state index is 6.02. The largest absolute Gasteiger partial charge is 0.366 e. The first kappa shape index (κ1) is 16.7. The Morgan fingerprint density at radius 3 is 2.33 bits per heavy atom. The van der Waals surface area contributed by atoms with Crippen LogP contribution in [0.1, 0.15) is 24.8 Å². The van der Waals surface area contributed by atoms with Crippen LogP contribution in [0, 0.1) is 19.3 Å². The maximum Gasteiger partial charge on any atom is 0.0439 e. The molecule has 0 N–H and O–H groups in total. The minimum absolute atomic E-state index is 0. The molecule has 0 fully saturated rings. The number of rotatable bonds is 2. The van der Waals surface area contributed by atoms with Gasteiger partial charge in [0.25, 0.3) is 0 Å². The molecule has 0 amide bonds. The standard InChI is InChI=1S/C15H16Cl2.Y/c1-15(2)8-7-12(10-16)14(9-15)11-3-5-13(17)6-4-11;/h3-6H,1-2,7-10H2;/q-2;. The molecule has 0 aliphatic heterocycles. The van der Waals surface area contributed by atoms with Crippen LogP contribution in [0.25, 0.3) is 5.57 Å². The van der Waals surface area contributed by atoms with Crippen molar-refractivity contribution in [1.82, 2.24) is 0 Å². The van der Waals surface area contributed by atoms with Crippen LogP contribution in [0.3, 0.4) is 0 Å². The van der Waals surface area contributed by atoms with Crippen LogP contribution >= 0.6 is 23.2 Å². The topological polar surface area (TPSA) is 0 Å². The predicted molar refractivity (Wildman–Crippen MR) is 76.1 cm³/mol. The van der Waals surface area contributed by atoms with Gasteiger partial charge in [0, 0.05) is 43.6 Å². The van der Waals surface area contributed by atoms with Gasteiger partial charge in [0.1, 0.15) is 0 Å². The molecule has 0 atom stereocenters. The van der Waals surface area contributed by atoms with Gasteiger partial charge in [0.15, 0.2) is 0 Å². The normalized spacial score (nSPS) is 18.4. The van der Waals surface area contributed by atoms with Gasteiger partial charge in [0.05, 0.1) is 0 Å². The zero-order valence-corrected chi connectivity index (χ0v) is 14.7. The summed E-state index contributed by atoms with van der Waals surface area (Å²) in [5, 5.41) is 0.757. The second kappa shape index (κ2) is 6.89. The van der Waals surface area contributed by atoms with E-state index in [0.717, 1.165) is 24.3 Å². The van der Waals surface area contributed by atoms with Crippen LogP contribution in [-0.2, 0) is 32.7 Å². The summed E-state index contributed by atoms with van der Waals surface area (Å²) in [6.07, 6.45) is 2.89. The zero-order chi connectivity index (χ0) is 12.5. The van der Waals surface area contributed by atoms with Crippen molar-refractivity contribution in [2.45, 2.75) is 19.3 Å². The third kappa shape index (κ3) is 4.07. The maximum atomic E-state index is 6.02. The van der Waals surface area contributed by atoms with E-state index >= 15 is 0 Å². The molecule has 18 heavy (non-hydrogen) atoms. The number of alkyl halides is 1. The smallest absolute Gasteiger partial charge is 0.0439 e. The summed E-state index contributed by atoms with van der Waals surface area (Å²) >= 11 is 11.9. The third-order valence-electron chi connectivity index (χ3n) is 3.29. The Morgan fingerprint density at radius 2 is 1.78 bits per heavy atom. The third-order valence-corrected chi connectivity index (χ3v) is 3.86. The molecular formula is C15H16Cl2Y-2. The SMILES string of the molecule is [CH2-]C1([CH2-])CCC(CCl)=C(c2ccc(Cl)cc2)C1.[Y]. The minimum atomic E-state index is -0.121. The van der Waals surface area contributed by atoms with Gasteiger partial charge in [-0.25, -0.2) is 0 Å². The van der Waals surface area contributed by atoms with E-state index in [2.05, 4.69) is 13.8 Å². The Morgan fingerprint density at radius 1 is 1.17 bits per heavy atom. The van der Waals surface area contributed by atoms with E-state index in [4.69, 9.17) is 23.2 Å². The van der Waals surface area contributed by atoms with Crippen molar-refractivity contribution in [3.05, 3.63) is 54.3 Å². The summed E-state index contributed by atoms with van der Waals surface area (Å²) < 4.78 is 0. The average molecular weight is 356 g/mol. The molecule has 1 aliphatic carbocycles. The van der Waals surface area contributed by atoms with Gasteiger partial charge < -0.3 is 13.8 Å². The van der Waals surface area contributed by atoms with E-state index in [1.807, 2.05) is 24.3 Å². The quantitative estimate of drug-likeness (QED) is 0.507. The van der Waals surface area contributed by atoms with Gasteiger partial charge in [-0.05, 0) is 29.7 Å². The molecule has 95 valence electrons. The Bertz CT molecular complexity index is 432. The summed E-state index contributed by atoms with van der Waals surface area (Å²) in [6.45, 7) is 8.35. The van der Waals surface area contributed by atoms with E-state index in [-0.39, 0.29) is 38.1 Å². The van der Waals surface area contributed by atoms with Gasteiger partial charge in [-0.1, -0.05) is 42.1 Å². The predicted octanol–water partition coefficient (Wildman–Crippen LogP) is 5.17. The number of halogens is 2. The van der Waals surface area contributed by atoms with Crippen molar-refractivity contribution < 1.29 is 32.7 Å². The van der Waals surface area contributed by atoms with Gasteiger partial charge in [0.2, 0.25) is 0 Å². The monoisotopic (exact) mass is 355 g/mol. The van der Waals surface area contributed by atoms with Crippen molar-refractivity contribution in [2.75, 3.05) is 5.88 Å². The van der Waals surface area contributed by atoms with Crippen LogP contribution in [0.4, 0.5) is 0 Å². The molecule has 1 aromatic carbocycles.